The van der Waals surface area contributed by atoms with E-state index in [0.29, 0.717) is 5.69 Å². The first-order valence-electron chi connectivity index (χ1n) is 4.35. The number of carbonyl (C=O) groups is 1. The number of nitrogens with one attached hydrogen (secondary N) is 2. The van der Waals surface area contributed by atoms with E-state index in [2.05, 4.69) is 15.5 Å². The van der Waals surface area contributed by atoms with E-state index in [9.17, 15) is 4.79 Å². The quantitative estimate of drug-likeness (QED) is 0.655. The summed E-state index contributed by atoms with van der Waals surface area (Å²) in [5.74, 6) is -0.984. The largest absolute Gasteiger partial charge is 0.479 e. The maximum absolute atomic E-state index is 11.3. The second-order valence-corrected chi connectivity index (χ2v) is 2.96. The van der Waals surface area contributed by atoms with Crippen LogP contribution >= 0.6 is 0 Å². The van der Waals surface area contributed by atoms with Crippen LogP contribution in [0.15, 0.2) is 41.5 Å². The molecule has 0 spiro atoms. The minimum absolute atomic E-state index is 0.236. The number of carbonyl (C=O) groups excluding carboxylic acids is 1. The standard InChI is InChI=1S/C9H8N4O3/c10-11-9(15)6-3-1-2-4-7(6)13-5-8(14)16-12-13/h1-5,10,12,14H. The number of aliphatic hydroxyl groups is 1. The second-order valence-electron chi connectivity index (χ2n) is 2.96. The van der Waals surface area contributed by atoms with Crippen molar-refractivity contribution in [1.82, 2.24) is 5.59 Å². The Bertz CT molecular complexity index is 472. The molecule has 0 unspecified atom stereocenters. The predicted octanol–water partition coefficient (Wildman–Crippen LogP) is 1.47. The minimum atomic E-state index is -0.669. The predicted molar refractivity (Wildman–Crippen MR) is 53.3 cm³/mol. The SMILES string of the molecule is N=NC(=O)c1ccccc1N1C=C(O)ON1. The molecule has 16 heavy (non-hydrogen) atoms. The normalized spacial score (nSPS) is 14.2. The molecular weight excluding hydrogens is 212 g/mol. The smallest absolute Gasteiger partial charge is 0.317 e. The lowest BCUT2D eigenvalue weighted by Crippen LogP contribution is -2.28. The lowest BCUT2D eigenvalue weighted by atomic mass is 10.1. The van der Waals surface area contributed by atoms with Gasteiger partial charge in [-0.1, -0.05) is 17.7 Å². The molecule has 0 saturated heterocycles. The van der Waals surface area contributed by atoms with E-state index in [4.69, 9.17) is 10.6 Å². The molecule has 0 bridgehead atoms. The van der Waals surface area contributed by atoms with Crippen LogP contribution in [0.3, 0.4) is 0 Å². The molecule has 0 aliphatic carbocycles. The molecule has 0 radical (unpaired) electrons. The topological polar surface area (TPSA) is 98.0 Å². The van der Waals surface area contributed by atoms with Gasteiger partial charge in [-0.3, -0.25) is 4.79 Å². The molecule has 82 valence electrons. The van der Waals surface area contributed by atoms with Crippen LogP contribution in [0.4, 0.5) is 5.69 Å². The Kier molecular flexibility index (Phi) is 2.52. The number of rotatable bonds is 2. The van der Waals surface area contributed by atoms with Crippen molar-refractivity contribution < 1.29 is 14.7 Å². The summed E-state index contributed by atoms with van der Waals surface area (Å²) >= 11 is 0. The van der Waals surface area contributed by atoms with Crippen molar-refractivity contribution in [2.75, 3.05) is 5.01 Å². The monoisotopic (exact) mass is 220 g/mol. The van der Waals surface area contributed by atoms with Gasteiger partial charge in [-0.25, -0.2) is 10.5 Å². The molecule has 7 nitrogen and oxygen atoms in total. The number of benzene rings is 1. The number of nitrogens with zero attached hydrogens (tertiary/aromatic N) is 2. The maximum atomic E-state index is 11.3. The molecule has 2 rings (SSSR count). The molecule has 1 aliphatic heterocycles. The Hall–Kier alpha value is -2.41. The van der Waals surface area contributed by atoms with Crippen LogP contribution in [-0.2, 0) is 4.84 Å². The molecule has 0 atom stereocenters. The van der Waals surface area contributed by atoms with Gasteiger partial charge in [-0.05, 0) is 12.1 Å². The van der Waals surface area contributed by atoms with Gasteiger partial charge < -0.3 is 9.94 Å². The zero-order valence-corrected chi connectivity index (χ0v) is 8.04. The fourth-order valence-corrected chi connectivity index (χ4v) is 1.30. The molecule has 0 aromatic heterocycles. The van der Waals surface area contributed by atoms with Gasteiger partial charge in [0.15, 0.2) is 0 Å². The Morgan fingerprint density at radius 1 is 1.50 bits per heavy atom. The van der Waals surface area contributed by atoms with Crippen molar-refractivity contribution >= 4 is 11.6 Å². The Morgan fingerprint density at radius 2 is 2.25 bits per heavy atom. The summed E-state index contributed by atoms with van der Waals surface area (Å²) in [6, 6.07) is 6.52. The van der Waals surface area contributed by atoms with E-state index in [-0.39, 0.29) is 11.5 Å². The van der Waals surface area contributed by atoms with Crippen LogP contribution in [0.1, 0.15) is 10.4 Å². The number of amides is 1. The number of hydrazine groups is 1. The van der Waals surface area contributed by atoms with Gasteiger partial charge in [0.05, 0.1) is 11.3 Å². The third kappa shape index (κ3) is 1.71. The van der Waals surface area contributed by atoms with Crippen LogP contribution in [0.5, 0.6) is 0 Å². The first kappa shape index (κ1) is 10.1. The van der Waals surface area contributed by atoms with Gasteiger partial charge in [-0.15, -0.1) is 5.11 Å². The molecule has 7 heteroatoms. The molecule has 1 heterocycles. The van der Waals surface area contributed by atoms with Gasteiger partial charge in [0, 0.05) is 0 Å². The lowest BCUT2D eigenvalue weighted by Gasteiger charge is -2.15. The summed E-state index contributed by atoms with van der Waals surface area (Å²) in [7, 11) is 0. The average Bonchev–Trinajstić information content (AvgIpc) is 2.75. The first-order chi connectivity index (χ1) is 7.72. The fraction of sp³-hybridized carbons (Fsp3) is 0. The summed E-state index contributed by atoms with van der Waals surface area (Å²) in [5, 5.41) is 13.2. The maximum Gasteiger partial charge on any atom is 0.317 e. The Labute approximate surface area is 90.4 Å². The van der Waals surface area contributed by atoms with E-state index in [0.717, 1.165) is 0 Å². The van der Waals surface area contributed by atoms with Crippen molar-refractivity contribution in [3.8, 4) is 0 Å². The zero-order chi connectivity index (χ0) is 11.5. The second kappa shape index (κ2) is 3.99. The fourth-order valence-electron chi connectivity index (χ4n) is 1.30. The van der Waals surface area contributed by atoms with Crippen molar-refractivity contribution in [3.05, 3.63) is 42.0 Å². The summed E-state index contributed by atoms with van der Waals surface area (Å²) in [5.41, 5.74) is 9.74. The average molecular weight is 220 g/mol. The third-order valence-electron chi connectivity index (χ3n) is 1.98. The van der Waals surface area contributed by atoms with Gasteiger partial charge in [0.25, 0.3) is 5.91 Å². The highest BCUT2D eigenvalue weighted by Crippen LogP contribution is 2.22. The molecular formula is C9H8N4O3. The van der Waals surface area contributed by atoms with Gasteiger partial charge in [-0.2, -0.15) is 0 Å². The lowest BCUT2D eigenvalue weighted by molar-refractivity contribution is 0.0458. The van der Waals surface area contributed by atoms with Crippen LogP contribution < -0.4 is 10.6 Å². The van der Waals surface area contributed by atoms with Crippen molar-refractivity contribution in [1.29, 1.82) is 5.53 Å². The number of anilines is 1. The van der Waals surface area contributed by atoms with Crippen LogP contribution in [0.25, 0.3) is 0 Å². The Balaban J connectivity index is 2.41. The van der Waals surface area contributed by atoms with E-state index in [1.165, 1.54) is 17.3 Å². The molecule has 0 fully saturated rings. The number of aliphatic hydroxyl groups excluding tert-OH is 1. The highest BCUT2D eigenvalue weighted by atomic mass is 16.8. The van der Waals surface area contributed by atoms with E-state index < -0.39 is 5.91 Å². The summed E-state index contributed by atoms with van der Waals surface area (Å²) < 4.78 is 0. The van der Waals surface area contributed by atoms with Crippen molar-refractivity contribution in [2.45, 2.75) is 0 Å². The van der Waals surface area contributed by atoms with Gasteiger partial charge >= 0.3 is 5.95 Å². The third-order valence-corrected chi connectivity index (χ3v) is 1.98. The van der Waals surface area contributed by atoms with Crippen LogP contribution in [0.2, 0.25) is 0 Å². The summed E-state index contributed by atoms with van der Waals surface area (Å²) in [6.45, 7) is 0. The number of para-hydroxylation sites is 1. The molecule has 3 N–H and O–H groups in total. The van der Waals surface area contributed by atoms with Crippen LogP contribution in [0, 0.1) is 5.53 Å². The van der Waals surface area contributed by atoms with E-state index >= 15 is 0 Å². The number of hydrogen-bond donors (Lipinski definition) is 3. The highest BCUT2D eigenvalue weighted by Gasteiger charge is 2.19. The number of hydrogen-bond acceptors (Lipinski definition) is 6. The summed E-state index contributed by atoms with van der Waals surface area (Å²) in [4.78, 5) is 15.9. The molecule has 1 aromatic rings. The van der Waals surface area contributed by atoms with E-state index in [1.807, 2.05) is 0 Å². The Morgan fingerprint density at radius 3 is 2.88 bits per heavy atom. The molecule has 1 amide bonds. The molecule has 1 aliphatic rings. The van der Waals surface area contributed by atoms with Crippen molar-refractivity contribution in [2.24, 2.45) is 5.11 Å². The first-order valence-corrected chi connectivity index (χ1v) is 4.35. The zero-order valence-electron chi connectivity index (χ0n) is 8.04. The molecule has 0 saturated carbocycles. The van der Waals surface area contributed by atoms with Gasteiger partial charge in [0.2, 0.25) is 0 Å². The minimum Gasteiger partial charge on any atom is -0.479 e. The van der Waals surface area contributed by atoms with Gasteiger partial charge in [0.1, 0.15) is 6.20 Å². The summed E-state index contributed by atoms with van der Waals surface area (Å²) in [6.07, 6.45) is 1.26. The van der Waals surface area contributed by atoms with Crippen LogP contribution in [-0.4, -0.2) is 11.0 Å². The molecule has 1 aromatic carbocycles. The highest BCUT2D eigenvalue weighted by molar-refractivity contribution is 6.00. The van der Waals surface area contributed by atoms with E-state index in [1.54, 1.807) is 18.2 Å². The van der Waals surface area contributed by atoms with Crippen molar-refractivity contribution in [3.63, 3.8) is 0 Å².